The highest BCUT2D eigenvalue weighted by atomic mass is 31.2. The van der Waals surface area contributed by atoms with Gasteiger partial charge in [-0.1, -0.05) is 6.92 Å². The summed E-state index contributed by atoms with van der Waals surface area (Å²) in [7, 11) is -4.75. The zero-order valence-electron chi connectivity index (χ0n) is 13.7. The van der Waals surface area contributed by atoms with Crippen LogP contribution in [0.4, 0.5) is 0 Å². The van der Waals surface area contributed by atoms with E-state index in [1.165, 1.54) is 13.1 Å². The molecule has 1 saturated heterocycles. The number of hydrogen-bond donors (Lipinski definition) is 4. The molecule has 12 heteroatoms. The third-order valence-corrected chi connectivity index (χ3v) is 4.14. The molecular formula is C13H21N2O9P. The summed E-state index contributed by atoms with van der Waals surface area (Å²) in [5.74, 6) is 0. The minimum absolute atomic E-state index is 0.252. The first-order chi connectivity index (χ1) is 11.6. The Kier molecular flexibility index (Phi) is 6.33. The number of nitrogens with one attached hydrogen (secondary N) is 1. The first kappa shape index (κ1) is 20.0. The second kappa shape index (κ2) is 7.92. The molecule has 2 heterocycles. The normalized spacial score (nSPS) is 26.9. The molecule has 0 aromatic carbocycles. The van der Waals surface area contributed by atoms with E-state index < -0.39 is 50.2 Å². The maximum Gasteiger partial charge on any atom is 0.469 e. The quantitative estimate of drug-likeness (QED) is 0.435. The molecule has 0 saturated carbocycles. The van der Waals surface area contributed by atoms with Crippen molar-refractivity contribution in [1.82, 2.24) is 9.55 Å². The second-order valence-electron chi connectivity index (χ2n) is 5.66. The second-order valence-corrected chi connectivity index (χ2v) is 6.90. The van der Waals surface area contributed by atoms with Crippen LogP contribution < -0.4 is 11.2 Å². The van der Waals surface area contributed by atoms with E-state index in [-0.39, 0.29) is 12.2 Å². The minimum Gasteiger partial charge on any atom is -0.387 e. The summed E-state index contributed by atoms with van der Waals surface area (Å²) in [4.78, 5) is 43.3. The molecule has 0 spiro atoms. The Morgan fingerprint density at radius 1 is 1.40 bits per heavy atom. The molecule has 142 valence electrons. The van der Waals surface area contributed by atoms with Gasteiger partial charge in [0.25, 0.3) is 5.56 Å². The van der Waals surface area contributed by atoms with Crippen LogP contribution in [0.2, 0.25) is 0 Å². The first-order valence-electron chi connectivity index (χ1n) is 7.61. The van der Waals surface area contributed by atoms with Crippen molar-refractivity contribution in [1.29, 1.82) is 0 Å². The smallest absolute Gasteiger partial charge is 0.387 e. The molecule has 1 aliphatic heterocycles. The maximum absolute atomic E-state index is 12.1. The standard InChI is InChI=1S/C13H21N2O9P/c1-3-4-22-10-9(16)8(6-23-25(19,20)21)24-12(10)15-5-7(2)11(17)14-13(15)18/h5,8-10,12,16H,3-4,6H2,1-2H3,(H,14,17,18)(H2,19,20,21)/t8-,9-,10-,12-/m1/s1. The summed E-state index contributed by atoms with van der Waals surface area (Å²) in [6, 6.07) is 0. The van der Waals surface area contributed by atoms with Gasteiger partial charge in [0.1, 0.15) is 18.3 Å². The lowest BCUT2D eigenvalue weighted by atomic mass is 10.1. The van der Waals surface area contributed by atoms with Crippen LogP contribution in [0.1, 0.15) is 25.1 Å². The van der Waals surface area contributed by atoms with Crippen LogP contribution in [0.5, 0.6) is 0 Å². The summed E-state index contributed by atoms with van der Waals surface area (Å²) in [5.41, 5.74) is -1.05. The molecule has 1 aromatic heterocycles. The van der Waals surface area contributed by atoms with E-state index in [0.29, 0.717) is 6.42 Å². The predicted octanol–water partition coefficient (Wildman–Crippen LogP) is -0.992. The van der Waals surface area contributed by atoms with Crippen LogP contribution in [0.15, 0.2) is 15.8 Å². The Hall–Kier alpha value is -1.33. The fraction of sp³-hybridized carbons (Fsp3) is 0.692. The first-order valence-corrected chi connectivity index (χ1v) is 9.14. The van der Waals surface area contributed by atoms with Gasteiger partial charge in [0.15, 0.2) is 6.23 Å². The van der Waals surface area contributed by atoms with E-state index in [1.54, 1.807) is 0 Å². The Morgan fingerprint density at radius 3 is 2.68 bits per heavy atom. The fourth-order valence-corrected chi connectivity index (χ4v) is 2.80. The molecule has 4 N–H and O–H groups in total. The van der Waals surface area contributed by atoms with E-state index in [4.69, 9.17) is 19.3 Å². The van der Waals surface area contributed by atoms with Crippen molar-refractivity contribution in [2.45, 2.75) is 44.8 Å². The number of aromatic nitrogens is 2. The number of aryl methyl sites for hydroxylation is 1. The molecular weight excluding hydrogens is 359 g/mol. The largest absolute Gasteiger partial charge is 0.469 e. The topological polar surface area (TPSA) is 160 Å². The molecule has 11 nitrogen and oxygen atoms in total. The molecule has 1 aromatic rings. The van der Waals surface area contributed by atoms with Crippen molar-refractivity contribution < 1.29 is 33.5 Å². The van der Waals surface area contributed by atoms with Gasteiger partial charge < -0.3 is 24.4 Å². The van der Waals surface area contributed by atoms with Crippen LogP contribution in [0.3, 0.4) is 0 Å². The van der Waals surface area contributed by atoms with Crippen LogP contribution in [0.25, 0.3) is 0 Å². The summed E-state index contributed by atoms with van der Waals surface area (Å²) in [5, 5.41) is 10.3. The molecule has 0 unspecified atom stereocenters. The highest BCUT2D eigenvalue weighted by Crippen LogP contribution is 2.38. The van der Waals surface area contributed by atoms with Crippen molar-refractivity contribution in [3.8, 4) is 0 Å². The van der Waals surface area contributed by atoms with Gasteiger partial charge in [-0.2, -0.15) is 0 Å². The van der Waals surface area contributed by atoms with Crippen molar-refractivity contribution in [3.05, 3.63) is 32.6 Å². The number of aromatic amines is 1. The average molecular weight is 380 g/mol. The maximum atomic E-state index is 12.1. The molecule has 1 fully saturated rings. The lowest BCUT2D eigenvalue weighted by Crippen LogP contribution is -2.40. The minimum atomic E-state index is -4.75. The van der Waals surface area contributed by atoms with Gasteiger partial charge in [-0.05, 0) is 13.3 Å². The van der Waals surface area contributed by atoms with Crippen LogP contribution in [0, 0.1) is 6.92 Å². The van der Waals surface area contributed by atoms with E-state index >= 15 is 0 Å². The average Bonchev–Trinajstić information content (AvgIpc) is 2.82. The lowest BCUT2D eigenvalue weighted by Gasteiger charge is -2.22. The molecule has 0 aliphatic carbocycles. The number of hydrogen-bond acceptors (Lipinski definition) is 7. The zero-order chi connectivity index (χ0) is 18.8. The number of phosphoric acid groups is 1. The van der Waals surface area contributed by atoms with Crippen LogP contribution in [-0.2, 0) is 18.6 Å². The lowest BCUT2D eigenvalue weighted by molar-refractivity contribution is -0.0739. The molecule has 2 rings (SSSR count). The number of ether oxygens (including phenoxy) is 2. The summed E-state index contributed by atoms with van der Waals surface area (Å²) < 4.78 is 27.4. The number of H-pyrrole nitrogens is 1. The molecule has 1 aliphatic rings. The predicted molar refractivity (Wildman–Crippen MR) is 84.0 cm³/mol. The zero-order valence-corrected chi connectivity index (χ0v) is 14.6. The van der Waals surface area contributed by atoms with Gasteiger partial charge in [-0.25, -0.2) is 9.36 Å². The molecule has 0 radical (unpaired) electrons. The van der Waals surface area contributed by atoms with E-state index in [9.17, 15) is 19.3 Å². The van der Waals surface area contributed by atoms with Gasteiger partial charge in [0.05, 0.1) is 6.61 Å². The van der Waals surface area contributed by atoms with Gasteiger partial charge in [0.2, 0.25) is 0 Å². The Morgan fingerprint density at radius 2 is 2.08 bits per heavy atom. The van der Waals surface area contributed by atoms with Gasteiger partial charge in [-0.15, -0.1) is 0 Å². The van der Waals surface area contributed by atoms with Gasteiger partial charge in [-0.3, -0.25) is 18.9 Å². The van der Waals surface area contributed by atoms with Crippen LogP contribution >= 0.6 is 7.82 Å². The number of aliphatic hydroxyl groups excluding tert-OH is 1. The molecule has 4 atom stereocenters. The number of nitrogens with zero attached hydrogens (tertiary/aromatic N) is 1. The van der Waals surface area contributed by atoms with Crippen molar-refractivity contribution in [3.63, 3.8) is 0 Å². The number of phosphoric ester groups is 1. The monoisotopic (exact) mass is 380 g/mol. The highest BCUT2D eigenvalue weighted by Gasteiger charge is 2.46. The van der Waals surface area contributed by atoms with Crippen LogP contribution in [-0.4, -0.2) is 56.0 Å². The Bertz CT molecular complexity index is 755. The van der Waals surface area contributed by atoms with Gasteiger partial charge in [0, 0.05) is 18.4 Å². The summed E-state index contributed by atoms with van der Waals surface area (Å²) in [6.07, 6.45) is -2.57. The Labute approximate surface area is 142 Å². The Balaban J connectivity index is 2.30. The van der Waals surface area contributed by atoms with E-state index in [1.807, 2.05) is 6.92 Å². The third kappa shape index (κ3) is 4.85. The number of rotatable bonds is 7. The SMILES string of the molecule is CCCO[C@@H]1[C@H](O)[C@@H](COP(=O)(O)O)O[C@H]1n1cc(C)c(=O)[nH]c1=O. The van der Waals surface area contributed by atoms with Gasteiger partial charge >= 0.3 is 13.5 Å². The fourth-order valence-electron chi connectivity index (χ4n) is 2.46. The summed E-state index contributed by atoms with van der Waals surface area (Å²) in [6.45, 7) is 3.02. The van der Waals surface area contributed by atoms with Crippen molar-refractivity contribution >= 4 is 7.82 Å². The summed E-state index contributed by atoms with van der Waals surface area (Å²) >= 11 is 0. The van der Waals surface area contributed by atoms with E-state index in [2.05, 4.69) is 9.51 Å². The molecule has 25 heavy (non-hydrogen) atoms. The third-order valence-electron chi connectivity index (χ3n) is 3.65. The highest BCUT2D eigenvalue weighted by molar-refractivity contribution is 7.46. The molecule has 0 bridgehead atoms. The van der Waals surface area contributed by atoms with Crippen molar-refractivity contribution in [2.75, 3.05) is 13.2 Å². The number of aliphatic hydroxyl groups is 1. The van der Waals surface area contributed by atoms with Crippen molar-refractivity contribution in [2.24, 2.45) is 0 Å². The molecule has 0 amide bonds. The van der Waals surface area contributed by atoms with E-state index in [0.717, 1.165) is 4.57 Å².